The molecule has 1 N–H and O–H groups in total. The second-order valence-corrected chi connectivity index (χ2v) is 6.73. The number of hydrogen-bond acceptors (Lipinski definition) is 5. The number of ether oxygens (including phenoxy) is 1. The van der Waals surface area contributed by atoms with Gasteiger partial charge in [-0.15, -0.1) is 0 Å². The first-order valence-electron chi connectivity index (χ1n) is 9.07. The van der Waals surface area contributed by atoms with Gasteiger partial charge in [0.05, 0.1) is 25.0 Å². The lowest BCUT2D eigenvalue weighted by atomic mass is 10.0. The molecule has 0 saturated carbocycles. The van der Waals surface area contributed by atoms with E-state index in [1.807, 2.05) is 32.0 Å². The molecule has 0 radical (unpaired) electrons. The molecule has 1 aliphatic rings. The van der Waals surface area contributed by atoms with Gasteiger partial charge in [-0.25, -0.2) is 4.90 Å². The Kier molecular flexibility index (Phi) is 5.51. The molecule has 1 aliphatic heterocycles. The summed E-state index contributed by atoms with van der Waals surface area (Å²) in [6.45, 7) is 3.93. The van der Waals surface area contributed by atoms with Crippen molar-refractivity contribution in [3.8, 4) is 5.75 Å². The van der Waals surface area contributed by atoms with Gasteiger partial charge >= 0.3 is 0 Å². The Labute approximate surface area is 164 Å². The number of carbonyl (C=O) groups excluding carboxylic acids is 2. The van der Waals surface area contributed by atoms with Gasteiger partial charge in [0, 0.05) is 19.2 Å². The molecule has 146 valence electrons. The minimum Gasteiger partial charge on any atom is -0.496 e. The molecule has 28 heavy (non-hydrogen) atoms. The van der Waals surface area contributed by atoms with Gasteiger partial charge in [0.1, 0.15) is 11.4 Å². The number of imide groups is 1. The molecule has 0 fully saturated rings. The molecule has 0 saturated heterocycles. The van der Waals surface area contributed by atoms with E-state index in [4.69, 9.17) is 4.74 Å². The summed E-state index contributed by atoms with van der Waals surface area (Å²) in [5, 5.41) is 9.37. The van der Waals surface area contributed by atoms with Crippen molar-refractivity contribution < 1.29 is 19.4 Å². The smallest absolute Gasteiger partial charge is 0.282 e. The van der Waals surface area contributed by atoms with Crippen LogP contribution in [-0.2, 0) is 9.59 Å². The monoisotopic (exact) mass is 380 g/mol. The Morgan fingerprint density at radius 1 is 1.04 bits per heavy atom. The van der Waals surface area contributed by atoms with Gasteiger partial charge in [0.15, 0.2) is 0 Å². The molecule has 6 nitrogen and oxygen atoms in total. The highest BCUT2D eigenvalue weighted by molar-refractivity contribution is 6.45. The summed E-state index contributed by atoms with van der Waals surface area (Å²) < 4.78 is 5.43. The van der Waals surface area contributed by atoms with E-state index in [1.54, 1.807) is 36.2 Å². The first kappa shape index (κ1) is 19.6. The van der Waals surface area contributed by atoms with Crippen molar-refractivity contribution in [1.29, 1.82) is 0 Å². The molecule has 1 heterocycles. The van der Waals surface area contributed by atoms with Crippen LogP contribution in [0.15, 0.2) is 48.2 Å². The van der Waals surface area contributed by atoms with E-state index in [0.717, 1.165) is 11.1 Å². The number of likely N-dealkylation sites (N-methyl/N-ethyl adjacent to an activating group) is 1. The van der Waals surface area contributed by atoms with Crippen molar-refractivity contribution in [2.24, 2.45) is 0 Å². The predicted octanol–water partition coefficient (Wildman–Crippen LogP) is 2.52. The van der Waals surface area contributed by atoms with E-state index in [9.17, 15) is 14.7 Å². The third-order valence-corrected chi connectivity index (χ3v) is 5.07. The van der Waals surface area contributed by atoms with Gasteiger partial charge in [-0.05, 0) is 37.1 Å². The van der Waals surface area contributed by atoms with Crippen molar-refractivity contribution in [1.82, 2.24) is 4.90 Å². The number of aryl methyl sites for hydroxylation is 1. The Balaban J connectivity index is 2.22. The number of hydrogen-bond donors (Lipinski definition) is 1. The fourth-order valence-corrected chi connectivity index (χ4v) is 3.42. The van der Waals surface area contributed by atoms with Crippen LogP contribution in [0.5, 0.6) is 5.75 Å². The minimum atomic E-state index is -0.407. The Morgan fingerprint density at radius 2 is 1.75 bits per heavy atom. The number of para-hydroxylation sites is 1. The number of nitrogens with zero attached hydrogens (tertiary/aromatic N) is 2. The summed E-state index contributed by atoms with van der Waals surface area (Å²) in [4.78, 5) is 29.7. The average Bonchev–Trinajstić information content (AvgIpc) is 2.94. The molecule has 3 rings (SSSR count). The highest BCUT2D eigenvalue weighted by Gasteiger charge is 2.43. The summed E-state index contributed by atoms with van der Waals surface area (Å²) in [5.74, 6) is -0.296. The minimum absolute atomic E-state index is 0.135. The summed E-state index contributed by atoms with van der Waals surface area (Å²) in [6.07, 6.45) is 0. The van der Waals surface area contributed by atoms with E-state index >= 15 is 0 Å². The van der Waals surface area contributed by atoms with Crippen LogP contribution in [0.3, 0.4) is 0 Å². The van der Waals surface area contributed by atoms with Crippen LogP contribution in [0.25, 0.3) is 5.57 Å². The second kappa shape index (κ2) is 7.86. The van der Waals surface area contributed by atoms with E-state index in [2.05, 4.69) is 0 Å². The molecule has 0 bridgehead atoms. The first-order valence-corrected chi connectivity index (χ1v) is 9.07. The number of rotatable bonds is 6. The predicted molar refractivity (Wildman–Crippen MR) is 108 cm³/mol. The van der Waals surface area contributed by atoms with E-state index in [1.165, 1.54) is 12.0 Å². The zero-order valence-electron chi connectivity index (χ0n) is 16.5. The highest BCUT2D eigenvalue weighted by atomic mass is 16.5. The lowest BCUT2D eigenvalue weighted by molar-refractivity contribution is -0.120. The van der Waals surface area contributed by atoms with Crippen molar-refractivity contribution in [2.75, 3.05) is 32.2 Å². The van der Waals surface area contributed by atoms with Crippen LogP contribution in [0.1, 0.15) is 16.7 Å². The normalized spacial score (nSPS) is 14.1. The van der Waals surface area contributed by atoms with Gasteiger partial charge in [-0.1, -0.05) is 30.3 Å². The van der Waals surface area contributed by atoms with Crippen LogP contribution in [0.2, 0.25) is 0 Å². The van der Waals surface area contributed by atoms with E-state index in [-0.39, 0.29) is 24.4 Å². The van der Waals surface area contributed by atoms with Crippen molar-refractivity contribution >= 4 is 23.1 Å². The number of methoxy groups -OCH3 is 1. The zero-order chi connectivity index (χ0) is 20.4. The maximum Gasteiger partial charge on any atom is 0.282 e. The third-order valence-electron chi connectivity index (χ3n) is 5.07. The molecule has 2 aromatic rings. The van der Waals surface area contributed by atoms with E-state index in [0.29, 0.717) is 17.0 Å². The summed E-state index contributed by atoms with van der Waals surface area (Å²) >= 11 is 0. The van der Waals surface area contributed by atoms with Crippen molar-refractivity contribution in [2.45, 2.75) is 13.8 Å². The average molecular weight is 380 g/mol. The summed E-state index contributed by atoms with van der Waals surface area (Å²) in [7, 11) is 3.22. The highest BCUT2D eigenvalue weighted by Crippen LogP contribution is 2.38. The largest absolute Gasteiger partial charge is 0.496 e. The molecular weight excluding hydrogens is 356 g/mol. The Hall–Kier alpha value is -3.12. The molecule has 2 aromatic carbocycles. The zero-order valence-corrected chi connectivity index (χ0v) is 16.5. The fourth-order valence-electron chi connectivity index (χ4n) is 3.42. The number of anilines is 1. The van der Waals surface area contributed by atoms with Gasteiger partial charge in [-0.2, -0.15) is 0 Å². The van der Waals surface area contributed by atoms with Crippen LogP contribution < -0.4 is 9.64 Å². The van der Waals surface area contributed by atoms with Crippen LogP contribution in [0.4, 0.5) is 5.69 Å². The molecule has 0 aromatic heterocycles. The standard InChI is InChI=1S/C22H24N2O4/c1-14-8-7-10-17(15(14)2)24-21(26)19(16-9-5-6-11-18(16)28-4)20(22(24)27)23(3)12-13-25/h5-11,25H,12-13H2,1-4H3. The number of amides is 2. The SMILES string of the molecule is COc1ccccc1C1=C(N(C)CCO)C(=O)N(c2cccc(C)c2C)C1=O. The summed E-state index contributed by atoms with van der Waals surface area (Å²) in [6, 6.07) is 12.7. The quantitative estimate of drug-likeness (QED) is 0.780. The van der Waals surface area contributed by atoms with Gasteiger partial charge in [-0.3, -0.25) is 9.59 Å². The maximum atomic E-state index is 13.5. The maximum absolute atomic E-state index is 13.5. The van der Waals surface area contributed by atoms with Gasteiger partial charge < -0.3 is 14.7 Å². The fraction of sp³-hybridized carbons (Fsp3) is 0.273. The van der Waals surface area contributed by atoms with Crippen LogP contribution in [0, 0.1) is 13.8 Å². The van der Waals surface area contributed by atoms with Crippen molar-refractivity contribution in [3.63, 3.8) is 0 Å². The topological polar surface area (TPSA) is 70.1 Å². The Morgan fingerprint density at radius 3 is 2.43 bits per heavy atom. The third kappa shape index (κ3) is 3.16. The number of carbonyl (C=O) groups is 2. The number of aliphatic hydroxyl groups is 1. The van der Waals surface area contributed by atoms with Gasteiger partial charge in [0.25, 0.3) is 11.8 Å². The first-order chi connectivity index (χ1) is 13.4. The second-order valence-electron chi connectivity index (χ2n) is 6.73. The van der Waals surface area contributed by atoms with E-state index < -0.39 is 11.8 Å². The Bertz CT molecular complexity index is 965. The molecule has 6 heteroatoms. The number of aliphatic hydroxyl groups excluding tert-OH is 1. The number of benzene rings is 2. The lowest BCUT2D eigenvalue weighted by Gasteiger charge is -2.21. The molecule has 0 spiro atoms. The molecule has 0 unspecified atom stereocenters. The van der Waals surface area contributed by atoms with Crippen molar-refractivity contribution in [3.05, 3.63) is 64.9 Å². The van der Waals surface area contributed by atoms with Crippen LogP contribution >= 0.6 is 0 Å². The molecule has 0 atom stereocenters. The van der Waals surface area contributed by atoms with Crippen LogP contribution in [-0.4, -0.2) is 49.1 Å². The molecular formula is C22H24N2O4. The molecule has 0 aliphatic carbocycles. The summed E-state index contributed by atoms with van der Waals surface area (Å²) in [5.41, 5.74) is 3.51. The van der Waals surface area contributed by atoms with Gasteiger partial charge in [0.2, 0.25) is 0 Å². The molecule has 2 amide bonds. The lowest BCUT2D eigenvalue weighted by Crippen LogP contribution is -2.35.